The normalized spacial score (nSPS) is 25.3. The van der Waals surface area contributed by atoms with Crippen molar-refractivity contribution in [3.05, 3.63) is 23.8 Å². The predicted molar refractivity (Wildman–Crippen MR) is 52.5 cm³/mol. The van der Waals surface area contributed by atoms with E-state index in [4.69, 9.17) is 9.47 Å². The molecule has 0 spiro atoms. The Morgan fingerprint density at radius 1 is 1.40 bits per heavy atom. The Hall–Kier alpha value is -1.29. The summed E-state index contributed by atoms with van der Waals surface area (Å²) in [5.74, 6) is 0.724. The maximum absolute atomic E-state index is 13.7. The van der Waals surface area contributed by atoms with Crippen molar-refractivity contribution in [2.45, 2.75) is 32.4 Å². The minimum Gasteiger partial charge on any atom is -0.423 e. The Kier molecular flexibility index (Phi) is 2.31. The van der Waals surface area contributed by atoms with E-state index in [-0.39, 0.29) is 6.42 Å². The third kappa shape index (κ3) is 1.77. The largest absolute Gasteiger partial charge is 0.423 e. The number of aliphatic hydroxyl groups excluding tert-OH is 1. The van der Waals surface area contributed by atoms with E-state index < -0.39 is 12.1 Å². The molecule has 1 aromatic carbocycles. The standard InChI is InChI=1S/C11H13FO3/c1-3-11(12)14-9-5-4-8(7(2)13)6-10(9)15-11/h4-7,13H,3H2,1-2H3. The molecule has 0 radical (unpaired) electrons. The topological polar surface area (TPSA) is 38.7 Å². The van der Waals surface area contributed by atoms with Crippen LogP contribution < -0.4 is 9.47 Å². The molecule has 2 rings (SSSR count). The number of benzene rings is 1. The van der Waals surface area contributed by atoms with E-state index in [1.54, 1.807) is 32.0 Å². The van der Waals surface area contributed by atoms with Gasteiger partial charge in [0.15, 0.2) is 11.5 Å². The fourth-order valence-corrected chi connectivity index (χ4v) is 1.44. The van der Waals surface area contributed by atoms with Crippen LogP contribution in [-0.2, 0) is 0 Å². The summed E-state index contributed by atoms with van der Waals surface area (Å²) in [7, 11) is 0. The van der Waals surface area contributed by atoms with Crippen molar-refractivity contribution in [3.63, 3.8) is 0 Å². The molecule has 1 aliphatic rings. The fraction of sp³-hybridized carbons (Fsp3) is 0.455. The third-order valence-corrected chi connectivity index (χ3v) is 2.40. The Morgan fingerprint density at radius 2 is 2.07 bits per heavy atom. The maximum Gasteiger partial charge on any atom is 0.407 e. The van der Waals surface area contributed by atoms with Crippen molar-refractivity contribution in [1.82, 2.24) is 0 Å². The van der Waals surface area contributed by atoms with Crippen LogP contribution in [0.25, 0.3) is 0 Å². The summed E-state index contributed by atoms with van der Waals surface area (Å²) >= 11 is 0. The summed E-state index contributed by atoms with van der Waals surface area (Å²) in [4.78, 5) is 0. The van der Waals surface area contributed by atoms with E-state index >= 15 is 0 Å². The van der Waals surface area contributed by atoms with Crippen LogP contribution in [0.5, 0.6) is 11.5 Å². The Labute approximate surface area is 87.4 Å². The van der Waals surface area contributed by atoms with E-state index in [9.17, 15) is 9.50 Å². The number of ether oxygens (including phenoxy) is 2. The number of hydrogen-bond acceptors (Lipinski definition) is 3. The number of rotatable bonds is 2. The van der Waals surface area contributed by atoms with Gasteiger partial charge in [0, 0.05) is 0 Å². The maximum atomic E-state index is 13.7. The molecule has 0 saturated heterocycles. The van der Waals surface area contributed by atoms with Crippen LogP contribution in [-0.4, -0.2) is 11.1 Å². The van der Waals surface area contributed by atoms with Crippen molar-refractivity contribution in [1.29, 1.82) is 0 Å². The zero-order valence-electron chi connectivity index (χ0n) is 8.66. The minimum atomic E-state index is -2.06. The van der Waals surface area contributed by atoms with E-state index in [2.05, 4.69) is 0 Å². The van der Waals surface area contributed by atoms with Gasteiger partial charge in [-0.1, -0.05) is 13.0 Å². The molecule has 0 fully saturated rings. The molecule has 0 bridgehead atoms. The average molecular weight is 212 g/mol. The highest BCUT2D eigenvalue weighted by Gasteiger charge is 2.40. The fourth-order valence-electron chi connectivity index (χ4n) is 1.44. The van der Waals surface area contributed by atoms with Crippen LogP contribution >= 0.6 is 0 Å². The number of hydrogen-bond donors (Lipinski definition) is 1. The molecule has 1 aromatic rings. The van der Waals surface area contributed by atoms with Crippen LogP contribution in [0.3, 0.4) is 0 Å². The molecule has 1 aliphatic heterocycles. The lowest BCUT2D eigenvalue weighted by molar-refractivity contribution is -0.191. The number of fused-ring (bicyclic) bond motifs is 1. The van der Waals surface area contributed by atoms with E-state index in [0.717, 1.165) is 0 Å². The van der Waals surface area contributed by atoms with Crippen LogP contribution in [0, 0.1) is 0 Å². The highest BCUT2D eigenvalue weighted by atomic mass is 19.2. The van der Waals surface area contributed by atoms with Gasteiger partial charge < -0.3 is 14.6 Å². The summed E-state index contributed by atoms with van der Waals surface area (Å²) in [6, 6.07) is 2.83. The van der Waals surface area contributed by atoms with Crippen LogP contribution in [0.2, 0.25) is 0 Å². The van der Waals surface area contributed by atoms with Gasteiger partial charge in [0.1, 0.15) is 0 Å². The van der Waals surface area contributed by atoms with Gasteiger partial charge in [0.05, 0.1) is 12.5 Å². The molecule has 2 unspecified atom stereocenters. The van der Waals surface area contributed by atoms with Crippen molar-refractivity contribution >= 4 is 0 Å². The Balaban J connectivity index is 2.31. The summed E-state index contributed by atoms with van der Waals surface area (Å²) < 4.78 is 23.7. The van der Waals surface area contributed by atoms with Gasteiger partial charge in [0.2, 0.25) is 0 Å². The van der Waals surface area contributed by atoms with Crippen LogP contribution in [0.4, 0.5) is 4.39 Å². The van der Waals surface area contributed by atoms with Gasteiger partial charge >= 0.3 is 6.04 Å². The highest BCUT2D eigenvalue weighted by Crippen LogP contribution is 2.42. The Morgan fingerprint density at radius 3 is 2.67 bits per heavy atom. The lowest BCUT2D eigenvalue weighted by Crippen LogP contribution is -2.31. The first-order valence-corrected chi connectivity index (χ1v) is 4.93. The van der Waals surface area contributed by atoms with E-state index in [1.165, 1.54) is 0 Å². The quantitative estimate of drug-likeness (QED) is 0.818. The molecule has 82 valence electrons. The van der Waals surface area contributed by atoms with Crippen molar-refractivity contribution in [2.24, 2.45) is 0 Å². The minimum absolute atomic E-state index is 0.117. The zero-order valence-corrected chi connectivity index (χ0v) is 8.66. The van der Waals surface area contributed by atoms with Gasteiger partial charge in [-0.15, -0.1) is 0 Å². The first-order chi connectivity index (χ1) is 7.04. The van der Waals surface area contributed by atoms with Gasteiger partial charge in [-0.05, 0) is 24.6 Å². The van der Waals surface area contributed by atoms with Gasteiger partial charge in [-0.3, -0.25) is 0 Å². The predicted octanol–water partition coefficient (Wildman–Crippen LogP) is 2.54. The molecule has 15 heavy (non-hydrogen) atoms. The summed E-state index contributed by atoms with van der Waals surface area (Å²) in [5.41, 5.74) is 0.678. The van der Waals surface area contributed by atoms with E-state index in [0.29, 0.717) is 17.1 Å². The summed E-state index contributed by atoms with van der Waals surface area (Å²) in [6.07, 6.45) is -0.485. The number of halogens is 1. The van der Waals surface area contributed by atoms with Crippen molar-refractivity contribution < 1.29 is 19.0 Å². The number of alkyl halides is 1. The van der Waals surface area contributed by atoms with Crippen LogP contribution in [0.15, 0.2) is 18.2 Å². The first kappa shape index (κ1) is 10.2. The van der Waals surface area contributed by atoms with Crippen LogP contribution in [0.1, 0.15) is 31.9 Å². The summed E-state index contributed by atoms with van der Waals surface area (Å²) in [5, 5.41) is 9.35. The van der Waals surface area contributed by atoms with Gasteiger partial charge in [0.25, 0.3) is 0 Å². The molecular weight excluding hydrogens is 199 g/mol. The number of aliphatic hydroxyl groups is 1. The second-order valence-electron chi connectivity index (χ2n) is 3.60. The van der Waals surface area contributed by atoms with Gasteiger partial charge in [-0.2, -0.15) is 4.39 Å². The molecule has 1 N–H and O–H groups in total. The molecule has 0 saturated carbocycles. The van der Waals surface area contributed by atoms with Gasteiger partial charge in [-0.25, -0.2) is 0 Å². The molecule has 1 heterocycles. The van der Waals surface area contributed by atoms with E-state index in [1.807, 2.05) is 0 Å². The van der Waals surface area contributed by atoms with Crippen molar-refractivity contribution in [2.75, 3.05) is 0 Å². The average Bonchev–Trinajstić information content (AvgIpc) is 2.53. The monoisotopic (exact) mass is 212 g/mol. The molecule has 0 aromatic heterocycles. The highest BCUT2D eigenvalue weighted by molar-refractivity contribution is 5.45. The molecule has 3 nitrogen and oxygen atoms in total. The molecule has 0 aliphatic carbocycles. The lowest BCUT2D eigenvalue weighted by Gasteiger charge is -2.14. The second-order valence-corrected chi connectivity index (χ2v) is 3.60. The first-order valence-electron chi connectivity index (χ1n) is 4.93. The smallest absolute Gasteiger partial charge is 0.407 e. The second kappa shape index (κ2) is 3.38. The molecule has 2 atom stereocenters. The molecular formula is C11H13FO3. The molecule has 4 heteroatoms. The molecule has 0 amide bonds. The Bertz CT molecular complexity index is 378. The summed E-state index contributed by atoms with van der Waals surface area (Å²) in [6.45, 7) is 3.28. The SMILES string of the molecule is CCC1(F)Oc2ccc(C(C)O)cc2O1. The lowest BCUT2D eigenvalue weighted by atomic mass is 10.1. The zero-order chi connectivity index (χ0) is 11.1. The third-order valence-electron chi connectivity index (χ3n) is 2.40. The van der Waals surface area contributed by atoms with Crippen molar-refractivity contribution in [3.8, 4) is 11.5 Å².